The number of nitrogens with one attached hydrogen (secondary N) is 1. The summed E-state index contributed by atoms with van der Waals surface area (Å²) in [5.74, 6) is -0.968. The van der Waals surface area contributed by atoms with E-state index < -0.39 is 11.9 Å². The molecule has 1 aromatic heterocycles. The molecular weight excluding hydrogens is 250 g/mol. The Kier molecular flexibility index (Phi) is 3.46. The van der Waals surface area contributed by atoms with E-state index in [0.29, 0.717) is 11.3 Å². The lowest BCUT2D eigenvalue weighted by atomic mass is 10.2. The van der Waals surface area contributed by atoms with Crippen molar-refractivity contribution >= 4 is 23.6 Å². The van der Waals surface area contributed by atoms with Crippen LogP contribution in [0, 0.1) is 0 Å². The molecule has 3 N–H and O–H groups in total. The number of carbonyl (C=O) groups is 2. The number of aromatic nitrogens is 1. The smallest absolute Gasteiger partial charge is 0.337 e. The van der Waals surface area contributed by atoms with E-state index in [2.05, 4.69) is 15.0 Å². The van der Waals surface area contributed by atoms with Gasteiger partial charge in [0.05, 0.1) is 12.7 Å². The van der Waals surface area contributed by atoms with Gasteiger partial charge in [0.2, 0.25) is 0 Å². The molecule has 7 heteroatoms. The normalized spacial score (nSPS) is 9.95. The second kappa shape index (κ2) is 5.21. The molecule has 0 unspecified atom stereocenters. The lowest BCUT2D eigenvalue weighted by Crippen LogP contribution is -2.13. The van der Waals surface area contributed by atoms with Gasteiger partial charge in [0, 0.05) is 5.69 Å². The van der Waals surface area contributed by atoms with Gasteiger partial charge in [-0.25, -0.2) is 4.79 Å². The molecule has 2 aromatic rings. The third-order valence-corrected chi connectivity index (χ3v) is 2.30. The molecule has 0 spiro atoms. The first-order chi connectivity index (χ1) is 9.10. The predicted molar refractivity (Wildman–Crippen MR) is 66.7 cm³/mol. The Hall–Kier alpha value is -2.83. The number of hydrogen-bond donors (Lipinski definition) is 2. The van der Waals surface area contributed by atoms with Gasteiger partial charge in [-0.3, -0.25) is 4.79 Å². The van der Waals surface area contributed by atoms with Gasteiger partial charge < -0.3 is 20.2 Å². The van der Waals surface area contributed by atoms with Crippen LogP contribution in [-0.4, -0.2) is 24.0 Å². The lowest BCUT2D eigenvalue weighted by molar-refractivity contribution is 0.0600. The van der Waals surface area contributed by atoms with Crippen LogP contribution in [0.3, 0.4) is 0 Å². The molecule has 0 fully saturated rings. The fourth-order valence-corrected chi connectivity index (χ4v) is 1.43. The first kappa shape index (κ1) is 12.6. The first-order valence-corrected chi connectivity index (χ1v) is 5.31. The fourth-order valence-electron chi connectivity index (χ4n) is 1.43. The summed E-state index contributed by atoms with van der Waals surface area (Å²) < 4.78 is 9.32. The molecular formula is C12H11N3O4. The van der Waals surface area contributed by atoms with Crippen molar-refractivity contribution in [1.29, 1.82) is 0 Å². The van der Waals surface area contributed by atoms with Gasteiger partial charge in [-0.2, -0.15) is 4.98 Å². The van der Waals surface area contributed by atoms with Crippen molar-refractivity contribution in [2.75, 3.05) is 18.2 Å². The van der Waals surface area contributed by atoms with Gasteiger partial charge in [-0.15, -0.1) is 0 Å². The maximum Gasteiger partial charge on any atom is 0.337 e. The second-order valence-electron chi connectivity index (χ2n) is 3.60. The minimum absolute atomic E-state index is 0.0565. The summed E-state index contributed by atoms with van der Waals surface area (Å²) in [7, 11) is 1.28. The molecule has 98 valence electrons. The molecule has 0 bridgehead atoms. The highest BCUT2D eigenvalue weighted by molar-refractivity contribution is 6.03. The van der Waals surface area contributed by atoms with Crippen LogP contribution in [0.2, 0.25) is 0 Å². The van der Waals surface area contributed by atoms with Crippen molar-refractivity contribution in [3.63, 3.8) is 0 Å². The van der Waals surface area contributed by atoms with Crippen LogP contribution in [0.4, 0.5) is 11.7 Å². The molecule has 0 aliphatic heterocycles. The van der Waals surface area contributed by atoms with E-state index in [9.17, 15) is 9.59 Å². The number of anilines is 2. The number of esters is 1. The van der Waals surface area contributed by atoms with Gasteiger partial charge >= 0.3 is 5.97 Å². The average molecular weight is 261 g/mol. The van der Waals surface area contributed by atoms with Crippen molar-refractivity contribution in [1.82, 2.24) is 4.98 Å². The third kappa shape index (κ3) is 2.89. The number of amides is 1. The summed E-state index contributed by atoms with van der Waals surface area (Å²) >= 11 is 0. The Bertz CT molecular complexity index is 621. The summed E-state index contributed by atoms with van der Waals surface area (Å²) in [4.78, 5) is 26.8. The van der Waals surface area contributed by atoms with Gasteiger partial charge in [-0.1, -0.05) is 6.07 Å². The van der Waals surface area contributed by atoms with Crippen LogP contribution in [0.5, 0.6) is 0 Å². The lowest BCUT2D eigenvalue weighted by Gasteiger charge is -2.04. The number of nitrogen functional groups attached to an aromatic ring is 1. The number of benzene rings is 1. The number of oxazole rings is 1. The molecule has 19 heavy (non-hydrogen) atoms. The summed E-state index contributed by atoms with van der Waals surface area (Å²) in [5.41, 5.74) is 6.10. The molecule has 0 radical (unpaired) electrons. The SMILES string of the molecule is COC(=O)c1cccc(NC(=O)c2coc(N)n2)c1. The van der Waals surface area contributed by atoms with Crippen molar-refractivity contribution in [2.24, 2.45) is 0 Å². The van der Waals surface area contributed by atoms with E-state index >= 15 is 0 Å². The monoisotopic (exact) mass is 261 g/mol. The number of carbonyl (C=O) groups excluding carboxylic acids is 2. The number of ether oxygens (including phenoxy) is 1. The molecule has 0 atom stereocenters. The fraction of sp³-hybridized carbons (Fsp3) is 0.0833. The molecule has 1 amide bonds. The van der Waals surface area contributed by atoms with E-state index in [-0.39, 0.29) is 11.7 Å². The van der Waals surface area contributed by atoms with E-state index in [1.54, 1.807) is 18.2 Å². The Morgan fingerprint density at radius 2 is 2.21 bits per heavy atom. The summed E-state index contributed by atoms with van der Waals surface area (Å²) in [6.07, 6.45) is 1.15. The molecule has 1 heterocycles. The highest BCUT2D eigenvalue weighted by Gasteiger charge is 2.12. The highest BCUT2D eigenvalue weighted by atomic mass is 16.5. The van der Waals surface area contributed by atoms with Gasteiger partial charge in [0.1, 0.15) is 6.26 Å². The zero-order valence-electron chi connectivity index (χ0n) is 10.0. The summed E-state index contributed by atoms with van der Waals surface area (Å²) in [5, 5.41) is 2.57. The van der Waals surface area contributed by atoms with Crippen molar-refractivity contribution < 1.29 is 18.7 Å². The Balaban J connectivity index is 2.15. The van der Waals surface area contributed by atoms with Crippen LogP contribution in [0.25, 0.3) is 0 Å². The summed E-state index contributed by atoms with van der Waals surface area (Å²) in [6.45, 7) is 0. The largest absolute Gasteiger partial charge is 0.465 e. The molecule has 0 saturated heterocycles. The predicted octanol–water partition coefficient (Wildman–Crippen LogP) is 1.30. The van der Waals surface area contributed by atoms with Crippen LogP contribution in [-0.2, 0) is 4.74 Å². The standard InChI is InChI=1S/C12H11N3O4/c1-18-11(17)7-3-2-4-8(5-7)14-10(16)9-6-19-12(13)15-9/h2-6H,1H3,(H2,13,15)(H,14,16). The molecule has 2 rings (SSSR count). The molecule has 0 saturated carbocycles. The third-order valence-electron chi connectivity index (χ3n) is 2.30. The van der Waals surface area contributed by atoms with Gasteiger partial charge in [-0.05, 0) is 18.2 Å². The Morgan fingerprint density at radius 1 is 1.42 bits per heavy atom. The first-order valence-electron chi connectivity index (χ1n) is 5.31. The minimum atomic E-state index is -0.484. The Morgan fingerprint density at radius 3 is 2.84 bits per heavy atom. The zero-order chi connectivity index (χ0) is 13.8. The van der Waals surface area contributed by atoms with Crippen molar-refractivity contribution in [3.8, 4) is 0 Å². The van der Waals surface area contributed by atoms with Crippen LogP contribution >= 0.6 is 0 Å². The Labute approximate surface area is 108 Å². The molecule has 1 aromatic carbocycles. The van der Waals surface area contributed by atoms with Gasteiger partial charge in [0.15, 0.2) is 5.69 Å². The maximum atomic E-state index is 11.8. The van der Waals surface area contributed by atoms with Crippen molar-refractivity contribution in [2.45, 2.75) is 0 Å². The van der Waals surface area contributed by atoms with Crippen LogP contribution in [0.1, 0.15) is 20.8 Å². The minimum Gasteiger partial charge on any atom is -0.465 e. The second-order valence-corrected chi connectivity index (χ2v) is 3.60. The molecule has 7 nitrogen and oxygen atoms in total. The topological polar surface area (TPSA) is 107 Å². The average Bonchev–Trinajstić information content (AvgIpc) is 2.85. The van der Waals surface area contributed by atoms with E-state index in [1.807, 2.05) is 0 Å². The quantitative estimate of drug-likeness (QED) is 0.806. The van der Waals surface area contributed by atoms with Crippen LogP contribution < -0.4 is 11.1 Å². The van der Waals surface area contributed by atoms with Gasteiger partial charge in [0.25, 0.3) is 11.9 Å². The number of rotatable bonds is 3. The number of nitrogens with two attached hydrogens (primary N) is 1. The zero-order valence-corrected chi connectivity index (χ0v) is 10.0. The molecule has 0 aliphatic carbocycles. The summed E-state index contributed by atoms with van der Waals surface area (Å²) in [6, 6.07) is 6.24. The van der Waals surface area contributed by atoms with E-state index in [1.165, 1.54) is 13.2 Å². The number of methoxy groups -OCH3 is 1. The maximum absolute atomic E-state index is 11.8. The van der Waals surface area contributed by atoms with Crippen LogP contribution in [0.15, 0.2) is 34.9 Å². The number of nitrogens with zero attached hydrogens (tertiary/aromatic N) is 1. The number of hydrogen-bond acceptors (Lipinski definition) is 6. The highest BCUT2D eigenvalue weighted by Crippen LogP contribution is 2.13. The van der Waals surface area contributed by atoms with E-state index in [0.717, 1.165) is 6.26 Å². The van der Waals surface area contributed by atoms with E-state index in [4.69, 9.17) is 10.2 Å². The molecule has 0 aliphatic rings. The van der Waals surface area contributed by atoms with Crippen molar-refractivity contribution in [3.05, 3.63) is 41.8 Å².